The Morgan fingerprint density at radius 3 is 2.73 bits per heavy atom. The van der Waals surface area contributed by atoms with Crippen LogP contribution in [0.3, 0.4) is 0 Å². The molecule has 0 radical (unpaired) electrons. The van der Waals surface area contributed by atoms with E-state index in [1.165, 1.54) is 12.0 Å². The molecule has 0 bridgehead atoms. The molecule has 0 spiro atoms. The third-order valence-corrected chi connectivity index (χ3v) is 4.81. The summed E-state index contributed by atoms with van der Waals surface area (Å²) in [5.41, 5.74) is 2.42. The van der Waals surface area contributed by atoms with Gasteiger partial charge in [-0.15, -0.1) is 0 Å². The fourth-order valence-corrected chi connectivity index (χ4v) is 3.52. The number of nitrogens with zero attached hydrogens (tertiary/aromatic N) is 4. The molecule has 1 N–H and O–H groups in total. The van der Waals surface area contributed by atoms with Crippen molar-refractivity contribution in [3.8, 4) is 0 Å². The van der Waals surface area contributed by atoms with Crippen LogP contribution in [0.25, 0.3) is 0 Å². The number of benzene rings is 1. The van der Waals surface area contributed by atoms with E-state index in [0.29, 0.717) is 6.04 Å². The van der Waals surface area contributed by atoms with Crippen molar-refractivity contribution in [1.82, 2.24) is 19.9 Å². The van der Waals surface area contributed by atoms with E-state index >= 15 is 0 Å². The molecule has 0 saturated carbocycles. The number of pyridine rings is 1. The summed E-state index contributed by atoms with van der Waals surface area (Å²) in [6, 6.07) is 16.8. The molecular formula is C21H23N5. The number of hydrogen-bond donors (Lipinski definition) is 1. The lowest BCUT2D eigenvalue weighted by atomic mass is 10.1. The zero-order chi connectivity index (χ0) is 17.6. The largest absolute Gasteiger partial charge is 0.324 e. The van der Waals surface area contributed by atoms with Crippen molar-refractivity contribution in [2.45, 2.75) is 25.3 Å². The summed E-state index contributed by atoms with van der Waals surface area (Å²) in [6.45, 7) is 2.17. The molecule has 5 nitrogen and oxygen atoms in total. The van der Waals surface area contributed by atoms with Crippen molar-refractivity contribution in [2.75, 3.05) is 18.4 Å². The summed E-state index contributed by atoms with van der Waals surface area (Å²) in [6.07, 6.45) is 8.82. The van der Waals surface area contributed by atoms with Crippen LogP contribution in [0, 0.1) is 0 Å². The van der Waals surface area contributed by atoms with E-state index in [2.05, 4.69) is 50.5 Å². The quantitative estimate of drug-likeness (QED) is 0.732. The highest BCUT2D eigenvalue weighted by molar-refractivity contribution is 5.50. The monoisotopic (exact) mass is 345 g/mol. The Morgan fingerprint density at radius 1 is 1.00 bits per heavy atom. The zero-order valence-electron chi connectivity index (χ0n) is 14.8. The first-order valence-electron chi connectivity index (χ1n) is 9.16. The third kappa shape index (κ3) is 4.06. The second-order valence-electron chi connectivity index (χ2n) is 6.60. The van der Waals surface area contributed by atoms with Crippen molar-refractivity contribution in [3.05, 3.63) is 78.4 Å². The molecule has 1 atom stereocenters. The van der Waals surface area contributed by atoms with Crippen LogP contribution in [0.15, 0.2) is 67.1 Å². The van der Waals surface area contributed by atoms with Gasteiger partial charge in [0.15, 0.2) is 0 Å². The standard InChI is InChI=1S/C21H23N5/c1-2-7-17(8-3-1)11-14-26-13-6-9-19(26)18-15-22-16-21(24-18)25-20-10-4-5-12-23-20/h1-5,7-8,10,12,15-16,19H,6,9,11,13-14H2,(H,23,24,25). The van der Waals surface area contributed by atoms with E-state index in [1.807, 2.05) is 24.4 Å². The number of nitrogens with one attached hydrogen (secondary N) is 1. The van der Waals surface area contributed by atoms with Gasteiger partial charge in [0.25, 0.3) is 0 Å². The first-order chi connectivity index (χ1) is 12.9. The van der Waals surface area contributed by atoms with Crippen molar-refractivity contribution in [2.24, 2.45) is 0 Å². The number of aromatic nitrogens is 3. The molecule has 0 amide bonds. The Hall–Kier alpha value is -2.79. The molecular weight excluding hydrogens is 322 g/mol. The van der Waals surface area contributed by atoms with E-state index in [0.717, 1.165) is 43.3 Å². The van der Waals surface area contributed by atoms with Gasteiger partial charge in [0.05, 0.1) is 24.1 Å². The lowest BCUT2D eigenvalue weighted by Crippen LogP contribution is -2.26. The maximum absolute atomic E-state index is 4.80. The van der Waals surface area contributed by atoms with Gasteiger partial charge in [-0.05, 0) is 43.5 Å². The minimum absolute atomic E-state index is 0.344. The summed E-state index contributed by atoms with van der Waals surface area (Å²) in [4.78, 5) is 16.0. The molecule has 132 valence electrons. The van der Waals surface area contributed by atoms with Crippen molar-refractivity contribution >= 4 is 11.6 Å². The molecule has 1 unspecified atom stereocenters. The van der Waals surface area contributed by atoms with Crippen molar-refractivity contribution in [3.63, 3.8) is 0 Å². The van der Waals surface area contributed by atoms with Gasteiger partial charge >= 0.3 is 0 Å². The second-order valence-corrected chi connectivity index (χ2v) is 6.60. The van der Waals surface area contributed by atoms with Gasteiger partial charge in [-0.2, -0.15) is 0 Å². The van der Waals surface area contributed by atoms with Gasteiger partial charge in [-0.1, -0.05) is 36.4 Å². The minimum atomic E-state index is 0.344. The number of anilines is 2. The van der Waals surface area contributed by atoms with Crippen LogP contribution < -0.4 is 5.32 Å². The molecule has 2 aromatic heterocycles. The topological polar surface area (TPSA) is 53.9 Å². The zero-order valence-corrected chi connectivity index (χ0v) is 14.8. The van der Waals surface area contributed by atoms with E-state index in [-0.39, 0.29) is 0 Å². The van der Waals surface area contributed by atoms with Crippen LogP contribution in [0.5, 0.6) is 0 Å². The first kappa shape index (κ1) is 16.7. The van der Waals surface area contributed by atoms with Crippen molar-refractivity contribution < 1.29 is 0 Å². The fourth-order valence-electron chi connectivity index (χ4n) is 3.52. The second kappa shape index (κ2) is 8.06. The highest BCUT2D eigenvalue weighted by Gasteiger charge is 2.27. The SMILES string of the molecule is c1ccc(CCN2CCCC2c2cncc(Nc3ccccn3)n2)cc1. The Labute approximate surface area is 154 Å². The molecule has 3 heterocycles. The Balaban J connectivity index is 1.44. The van der Waals surface area contributed by atoms with Gasteiger partial charge in [0, 0.05) is 12.7 Å². The van der Waals surface area contributed by atoms with Crippen LogP contribution in [-0.4, -0.2) is 32.9 Å². The molecule has 26 heavy (non-hydrogen) atoms. The van der Waals surface area contributed by atoms with Crippen LogP contribution >= 0.6 is 0 Å². The van der Waals surface area contributed by atoms with Crippen LogP contribution in [0.4, 0.5) is 11.6 Å². The van der Waals surface area contributed by atoms with Gasteiger partial charge in [-0.3, -0.25) is 9.88 Å². The molecule has 4 rings (SSSR count). The maximum Gasteiger partial charge on any atom is 0.150 e. The summed E-state index contributed by atoms with van der Waals surface area (Å²) >= 11 is 0. The lowest BCUT2D eigenvalue weighted by molar-refractivity contribution is 0.256. The number of hydrogen-bond acceptors (Lipinski definition) is 5. The molecule has 3 aromatic rings. The number of likely N-dealkylation sites (tertiary alicyclic amines) is 1. The van der Waals surface area contributed by atoms with Gasteiger partial charge in [0.2, 0.25) is 0 Å². The highest BCUT2D eigenvalue weighted by atomic mass is 15.2. The predicted octanol–water partition coefficient (Wildman–Crippen LogP) is 3.99. The smallest absolute Gasteiger partial charge is 0.150 e. The van der Waals surface area contributed by atoms with E-state index in [9.17, 15) is 0 Å². The third-order valence-electron chi connectivity index (χ3n) is 4.81. The Kier molecular flexibility index (Phi) is 5.17. The molecule has 1 fully saturated rings. The maximum atomic E-state index is 4.80. The molecule has 1 saturated heterocycles. The molecule has 1 aromatic carbocycles. The van der Waals surface area contributed by atoms with Crippen molar-refractivity contribution in [1.29, 1.82) is 0 Å². The van der Waals surface area contributed by atoms with E-state index < -0.39 is 0 Å². The van der Waals surface area contributed by atoms with Gasteiger partial charge in [0.1, 0.15) is 11.6 Å². The molecule has 0 aliphatic carbocycles. The summed E-state index contributed by atoms with van der Waals surface area (Å²) in [5.74, 6) is 1.53. The van der Waals surface area contributed by atoms with Crippen LogP contribution in [0.1, 0.15) is 30.1 Å². The average Bonchev–Trinajstić information content (AvgIpc) is 3.17. The van der Waals surface area contributed by atoms with Crippen LogP contribution in [0.2, 0.25) is 0 Å². The van der Waals surface area contributed by atoms with Crippen LogP contribution in [-0.2, 0) is 6.42 Å². The molecule has 1 aliphatic rings. The molecule has 5 heteroatoms. The van der Waals surface area contributed by atoms with E-state index in [1.54, 1.807) is 12.4 Å². The summed E-state index contributed by atoms with van der Waals surface area (Å²) < 4.78 is 0. The lowest BCUT2D eigenvalue weighted by Gasteiger charge is -2.24. The fraction of sp³-hybridized carbons (Fsp3) is 0.286. The summed E-state index contributed by atoms with van der Waals surface area (Å²) in [5, 5.41) is 3.24. The summed E-state index contributed by atoms with van der Waals surface area (Å²) in [7, 11) is 0. The van der Waals surface area contributed by atoms with Gasteiger partial charge in [-0.25, -0.2) is 9.97 Å². The predicted molar refractivity (Wildman–Crippen MR) is 103 cm³/mol. The molecule has 1 aliphatic heterocycles. The Bertz CT molecular complexity index is 822. The van der Waals surface area contributed by atoms with Gasteiger partial charge < -0.3 is 5.32 Å². The normalized spacial score (nSPS) is 17.3. The Morgan fingerprint density at radius 2 is 1.88 bits per heavy atom. The van der Waals surface area contributed by atoms with E-state index in [4.69, 9.17) is 4.98 Å². The average molecular weight is 345 g/mol. The number of rotatable bonds is 6. The highest BCUT2D eigenvalue weighted by Crippen LogP contribution is 2.31. The first-order valence-corrected chi connectivity index (χ1v) is 9.16. The minimum Gasteiger partial charge on any atom is -0.324 e.